The van der Waals surface area contributed by atoms with Gasteiger partial charge in [-0.15, -0.1) is 0 Å². The fraction of sp³-hybridized carbons (Fsp3) is 0.833. The monoisotopic (exact) mass is 99.1 g/mol. The lowest BCUT2D eigenvalue weighted by Crippen LogP contribution is -2.05. The van der Waals surface area contributed by atoms with Crippen LogP contribution in [0, 0.1) is 12.8 Å². The number of hydrogen-bond donors (Lipinski definition) is 1. The zero-order valence-corrected chi connectivity index (χ0v) is 4.43. The first-order valence-electron chi connectivity index (χ1n) is 2.82. The zero-order chi connectivity index (χ0) is 5.28. The molecule has 1 atom stereocenters. The van der Waals surface area contributed by atoms with Gasteiger partial charge >= 0.3 is 0 Å². The standard InChI is InChI=1S/C6H11O/c1-2-6(7)5-3-4-5/h5-7H,1-4H2. The van der Waals surface area contributed by atoms with Gasteiger partial charge in [-0.1, -0.05) is 6.92 Å². The molecule has 1 fully saturated rings. The van der Waals surface area contributed by atoms with Crippen LogP contribution in [0.1, 0.15) is 19.3 Å². The van der Waals surface area contributed by atoms with Gasteiger partial charge in [-0.2, -0.15) is 0 Å². The summed E-state index contributed by atoms with van der Waals surface area (Å²) in [6, 6.07) is 0. The first-order chi connectivity index (χ1) is 3.34. The van der Waals surface area contributed by atoms with E-state index in [0.717, 1.165) is 0 Å². The van der Waals surface area contributed by atoms with Crippen LogP contribution in [0.5, 0.6) is 0 Å². The quantitative estimate of drug-likeness (QED) is 0.547. The van der Waals surface area contributed by atoms with Crippen molar-refractivity contribution in [1.82, 2.24) is 0 Å². The van der Waals surface area contributed by atoms with Crippen LogP contribution in [0.2, 0.25) is 0 Å². The highest BCUT2D eigenvalue weighted by atomic mass is 16.3. The predicted molar refractivity (Wildman–Crippen MR) is 28.7 cm³/mol. The maximum absolute atomic E-state index is 8.94. The molecule has 0 saturated heterocycles. The Labute approximate surface area is 44.4 Å². The molecule has 0 aromatic heterocycles. The fourth-order valence-corrected chi connectivity index (χ4v) is 0.717. The Kier molecular flexibility index (Phi) is 1.33. The van der Waals surface area contributed by atoms with E-state index in [1.165, 1.54) is 12.8 Å². The molecule has 0 aromatic carbocycles. The van der Waals surface area contributed by atoms with Gasteiger partial charge < -0.3 is 5.11 Å². The van der Waals surface area contributed by atoms with Crippen molar-refractivity contribution in [3.8, 4) is 0 Å². The summed E-state index contributed by atoms with van der Waals surface area (Å²) in [5.74, 6) is 0.609. The van der Waals surface area contributed by atoms with E-state index in [-0.39, 0.29) is 6.10 Å². The van der Waals surface area contributed by atoms with Crippen molar-refractivity contribution >= 4 is 0 Å². The summed E-state index contributed by atoms with van der Waals surface area (Å²) in [6.07, 6.45) is 3.03. The summed E-state index contributed by atoms with van der Waals surface area (Å²) in [4.78, 5) is 0. The van der Waals surface area contributed by atoms with Gasteiger partial charge in [-0.3, -0.25) is 0 Å². The van der Waals surface area contributed by atoms with Crippen LogP contribution in [-0.2, 0) is 0 Å². The molecule has 1 rings (SSSR count). The van der Waals surface area contributed by atoms with Gasteiger partial charge in [-0.25, -0.2) is 0 Å². The molecule has 1 radical (unpaired) electrons. The average molecular weight is 99.2 g/mol. The topological polar surface area (TPSA) is 20.2 Å². The smallest absolute Gasteiger partial charge is 0.0568 e. The van der Waals surface area contributed by atoms with Crippen LogP contribution in [-0.4, -0.2) is 11.2 Å². The molecular formula is C6H11O. The van der Waals surface area contributed by atoms with Gasteiger partial charge in [0, 0.05) is 0 Å². The zero-order valence-electron chi connectivity index (χ0n) is 4.43. The number of aliphatic hydroxyl groups is 1. The second-order valence-corrected chi connectivity index (χ2v) is 2.19. The Morgan fingerprint density at radius 3 is 2.43 bits per heavy atom. The Balaban J connectivity index is 2.10. The Bertz CT molecular complexity index is 57.2. The lowest BCUT2D eigenvalue weighted by molar-refractivity contribution is 0.154. The van der Waals surface area contributed by atoms with Gasteiger partial charge in [-0.05, 0) is 25.2 Å². The number of rotatable bonds is 2. The van der Waals surface area contributed by atoms with Crippen LogP contribution in [0.3, 0.4) is 0 Å². The van der Waals surface area contributed by atoms with Gasteiger partial charge in [0.15, 0.2) is 0 Å². The van der Waals surface area contributed by atoms with Crippen molar-refractivity contribution in [3.63, 3.8) is 0 Å². The van der Waals surface area contributed by atoms with Crippen molar-refractivity contribution in [2.45, 2.75) is 25.4 Å². The normalized spacial score (nSPS) is 24.9. The van der Waals surface area contributed by atoms with Gasteiger partial charge in [0.2, 0.25) is 0 Å². The molecule has 1 saturated carbocycles. The van der Waals surface area contributed by atoms with Crippen LogP contribution in [0.4, 0.5) is 0 Å². The molecule has 0 spiro atoms. The Morgan fingerprint density at radius 2 is 2.29 bits per heavy atom. The predicted octanol–water partition coefficient (Wildman–Crippen LogP) is 0.981. The maximum atomic E-state index is 8.94. The molecule has 0 heterocycles. The van der Waals surface area contributed by atoms with Crippen molar-refractivity contribution in [3.05, 3.63) is 6.92 Å². The van der Waals surface area contributed by atoms with E-state index in [1.54, 1.807) is 0 Å². The minimum atomic E-state index is -0.0972. The molecule has 0 aromatic rings. The summed E-state index contributed by atoms with van der Waals surface area (Å²) in [5.41, 5.74) is 0. The average Bonchev–Trinajstić information content (AvgIpc) is 2.44. The summed E-state index contributed by atoms with van der Waals surface area (Å²) >= 11 is 0. The van der Waals surface area contributed by atoms with Crippen molar-refractivity contribution in [2.24, 2.45) is 5.92 Å². The molecule has 0 aliphatic heterocycles. The first-order valence-corrected chi connectivity index (χ1v) is 2.82. The van der Waals surface area contributed by atoms with E-state index < -0.39 is 0 Å². The maximum Gasteiger partial charge on any atom is 0.0568 e. The summed E-state index contributed by atoms with van der Waals surface area (Å²) < 4.78 is 0. The summed E-state index contributed by atoms with van der Waals surface area (Å²) in [5, 5.41) is 8.94. The molecule has 0 bridgehead atoms. The van der Waals surface area contributed by atoms with E-state index in [4.69, 9.17) is 5.11 Å². The molecule has 1 heteroatoms. The largest absolute Gasteiger partial charge is 0.393 e. The molecule has 1 aliphatic rings. The highest BCUT2D eigenvalue weighted by Gasteiger charge is 2.27. The van der Waals surface area contributed by atoms with E-state index in [1.807, 2.05) is 0 Å². The third-order valence-corrected chi connectivity index (χ3v) is 1.46. The lowest BCUT2D eigenvalue weighted by atomic mass is 10.2. The van der Waals surface area contributed by atoms with E-state index in [9.17, 15) is 0 Å². The Morgan fingerprint density at radius 1 is 1.71 bits per heavy atom. The third kappa shape index (κ3) is 1.16. The summed E-state index contributed by atoms with van der Waals surface area (Å²) in [6.45, 7) is 3.60. The van der Waals surface area contributed by atoms with Crippen molar-refractivity contribution in [1.29, 1.82) is 0 Å². The Hall–Kier alpha value is -0.0400. The molecular weight excluding hydrogens is 88.1 g/mol. The molecule has 1 unspecified atom stereocenters. The molecule has 7 heavy (non-hydrogen) atoms. The van der Waals surface area contributed by atoms with Crippen molar-refractivity contribution < 1.29 is 5.11 Å². The minimum Gasteiger partial charge on any atom is -0.393 e. The van der Waals surface area contributed by atoms with Crippen molar-refractivity contribution in [2.75, 3.05) is 0 Å². The molecule has 1 aliphatic carbocycles. The van der Waals surface area contributed by atoms with Crippen LogP contribution in [0.15, 0.2) is 0 Å². The highest BCUT2D eigenvalue weighted by Crippen LogP contribution is 2.33. The molecule has 1 N–H and O–H groups in total. The third-order valence-electron chi connectivity index (χ3n) is 1.46. The summed E-state index contributed by atoms with van der Waals surface area (Å²) in [7, 11) is 0. The van der Waals surface area contributed by atoms with Gasteiger partial charge in [0.25, 0.3) is 0 Å². The molecule has 41 valence electrons. The second kappa shape index (κ2) is 1.83. The molecule has 1 nitrogen and oxygen atoms in total. The minimum absolute atomic E-state index is 0.0972. The first kappa shape index (κ1) is 5.10. The van der Waals surface area contributed by atoms with E-state index in [2.05, 4.69) is 6.92 Å². The fourth-order valence-electron chi connectivity index (χ4n) is 0.717. The number of hydrogen-bond acceptors (Lipinski definition) is 1. The SMILES string of the molecule is [CH2]CC(O)C1CC1. The molecule has 0 amide bonds. The second-order valence-electron chi connectivity index (χ2n) is 2.19. The number of aliphatic hydroxyl groups excluding tert-OH is 1. The van der Waals surface area contributed by atoms with Crippen LogP contribution < -0.4 is 0 Å². The van der Waals surface area contributed by atoms with Gasteiger partial charge in [0.1, 0.15) is 0 Å². The van der Waals surface area contributed by atoms with Crippen LogP contribution >= 0.6 is 0 Å². The van der Waals surface area contributed by atoms with Crippen LogP contribution in [0.25, 0.3) is 0 Å². The van der Waals surface area contributed by atoms with E-state index in [0.29, 0.717) is 12.3 Å². The van der Waals surface area contributed by atoms with E-state index >= 15 is 0 Å². The van der Waals surface area contributed by atoms with Gasteiger partial charge in [0.05, 0.1) is 6.10 Å². The lowest BCUT2D eigenvalue weighted by Gasteiger charge is -2.00. The highest BCUT2D eigenvalue weighted by molar-refractivity contribution is 4.80.